The van der Waals surface area contributed by atoms with Gasteiger partial charge in [0.15, 0.2) is 5.78 Å². The van der Waals surface area contributed by atoms with Gasteiger partial charge in [-0.3, -0.25) is 4.79 Å². The van der Waals surface area contributed by atoms with Gasteiger partial charge in [-0.05, 0) is 50.2 Å². The third-order valence-corrected chi connectivity index (χ3v) is 4.32. The van der Waals surface area contributed by atoms with Crippen LogP contribution in [0.2, 0.25) is 0 Å². The average Bonchev–Trinajstić information content (AvgIpc) is 2.44. The molecule has 1 aromatic rings. The SMILES string of the molecule is CCOC1(C(=O)Cc2ccccc2F)CCC(C)CC1. The molecule has 2 rings (SSSR count). The molecule has 0 amide bonds. The zero-order valence-corrected chi connectivity index (χ0v) is 12.3. The van der Waals surface area contributed by atoms with Crippen molar-refractivity contribution in [2.75, 3.05) is 6.61 Å². The van der Waals surface area contributed by atoms with Crippen LogP contribution >= 0.6 is 0 Å². The normalized spacial score (nSPS) is 26.4. The van der Waals surface area contributed by atoms with Gasteiger partial charge >= 0.3 is 0 Å². The van der Waals surface area contributed by atoms with Gasteiger partial charge in [-0.15, -0.1) is 0 Å². The highest BCUT2D eigenvalue weighted by Gasteiger charge is 2.41. The molecule has 0 aliphatic heterocycles. The van der Waals surface area contributed by atoms with Gasteiger partial charge in [0, 0.05) is 13.0 Å². The Bertz CT molecular complexity index is 462. The third kappa shape index (κ3) is 3.26. The third-order valence-electron chi connectivity index (χ3n) is 4.32. The number of carbonyl (C=O) groups is 1. The van der Waals surface area contributed by atoms with E-state index in [9.17, 15) is 9.18 Å². The van der Waals surface area contributed by atoms with Crippen LogP contribution in [-0.2, 0) is 16.0 Å². The molecule has 1 saturated carbocycles. The van der Waals surface area contributed by atoms with Crippen LogP contribution in [0.4, 0.5) is 4.39 Å². The highest BCUT2D eigenvalue weighted by molar-refractivity contribution is 5.89. The molecule has 1 aromatic carbocycles. The van der Waals surface area contributed by atoms with Crippen LogP contribution in [-0.4, -0.2) is 18.0 Å². The molecule has 0 saturated heterocycles. The maximum Gasteiger partial charge on any atom is 0.169 e. The van der Waals surface area contributed by atoms with Crippen molar-refractivity contribution >= 4 is 5.78 Å². The first kappa shape index (κ1) is 15.2. The smallest absolute Gasteiger partial charge is 0.169 e. The van der Waals surface area contributed by atoms with Gasteiger partial charge < -0.3 is 4.74 Å². The first-order valence-electron chi connectivity index (χ1n) is 7.48. The summed E-state index contributed by atoms with van der Waals surface area (Å²) in [6.45, 7) is 4.64. The van der Waals surface area contributed by atoms with E-state index in [0.29, 0.717) is 18.1 Å². The van der Waals surface area contributed by atoms with Gasteiger partial charge in [0.1, 0.15) is 11.4 Å². The van der Waals surface area contributed by atoms with E-state index in [1.54, 1.807) is 18.2 Å². The van der Waals surface area contributed by atoms with Crippen LogP contribution in [0, 0.1) is 11.7 Å². The molecule has 0 bridgehead atoms. The second-order valence-electron chi connectivity index (χ2n) is 5.80. The van der Waals surface area contributed by atoms with Crippen LogP contribution in [0.1, 0.15) is 45.1 Å². The van der Waals surface area contributed by atoms with E-state index in [1.807, 2.05) is 6.92 Å². The zero-order chi connectivity index (χ0) is 14.6. The van der Waals surface area contributed by atoms with Crippen LogP contribution in [0.15, 0.2) is 24.3 Å². The van der Waals surface area contributed by atoms with Crippen molar-refractivity contribution < 1.29 is 13.9 Å². The van der Waals surface area contributed by atoms with Crippen LogP contribution < -0.4 is 0 Å². The van der Waals surface area contributed by atoms with E-state index >= 15 is 0 Å². The fourth-order valence-corrected chi connectivity index (χ4v) is 2.98. The van der Waals surface area contributed by atoms with E-state index < -0.39 is 5.60 Å². The number of hydrogen-bond acceptors (Lipinski definition) is 2. The number of carbonyl (C=O) groups excluding carboxylic acids is 1. The van der Waals surface area contributed by atoms with Crippen molar-refractivity contribution in [1.82, 2.24) is 0 Å². The summed E-state index contributed by atoms with van der Waals surface area (Å²) < 4.78 is 19.5. The first-order valence-corrected chi connectivity index (χ1v) is 7.48. The lowest BCUT2D eigenvalue weighted by molar-refractivity contribution is -0.149. The van der Waals surface area contributed by atoms with Crippen molar-refractivity contribution in [2.45, 2.75) is 51.6 Å². The average molecular weight is 278 g/mol. The summed E-state index contributed by atoms with van der Waals surface area (Å²) in [5.41, 5.74) is -0.223. The second kappa shape index (κ2) is 6.49. The van der Waals surface area contributed by atoms with E-state index in [0.717, 1.165) is 25.7 Å². The topological polar surface area (TPSA) is 26.3 Å². The van der Waals surface area contributed by atoms with Gasteiger partial charge in [0.2, 0.25) is 0 Å². The Morgan fingerprint density at radius 2 is 2.00 bits per heavy atom. The molecule has 0 heterocycles. The van der Waals surface area contributed by atoms with Crippen LogP contribution in [0.25, 0.3) is 0 Å². The number of halogens is 1. The quantitative estimate of drug-likeness (QED) is 0.816. The highest BCUT2D eigenvalue weighted by atomic mass is 19.1. The minimum absolute atomic E-state index is 0.0244. The maximum absolute atomic E-state index is 13.7. The van der Waals surface area contributed by atoms with E-state index in [1.165, 1.54) is 6.07 Å². The highest BCUT2D eigenvalue weighted by Crippen LogP contribution is 2.36. The van der Waals surface area contributed by atoms with Crippen molar-refractivity contribution in [3.05, 3.63) is 35.6 Å². The van der Waals surface area contributed by atoms with Gasteiger partial charge in [-0.2, -0.15) is 0 Å². The number of ether oxygens (including phenoxy) is 1. The molecule has 0 aromatic heterocycles. The lowest BCUT2D eigenvalue weighted by atomic mass is 9.75. The molecule has 1 aliphatic rings. The van der Waals surface area contributed by atoms with Crippen molar-refractivity contribution in [2.24, 2.45) is 5.92 Å². The Balaban J connectivity index is 2.13. The summed E-state index contributed by atoms with van der Waals surface area (Å²) in [5, 5.41) is 0. The second-order valence-corrected chi connectivity index (χ2v) is 5.80. The van der Waals surface area contributed by atoms with Crippen molar-refractivity contribution in [3.8, 4) is 0 Å². The fourth-order valence-electron chi connectivity index (χ4n) is 2.98. The summed E-state index contributed by atoms with van der Waals surface area (Å²) in [6.07, 6.45) is 3.65. The maximum atomic E-state index is 13.7. The molecule has 0 unspecified atom stereocenters. The van der Waals surface area contributed by atoms with Crippen molar-refractivity contribution in [3.63, 3.8) is 0 Å². The predicted octanol–water partition coefficient (Wildman–Crippen LogP) is 3.92. The summed E-state index contributed by atoms with van der Waals surface area (Å²) in [5.74, 6) is 0.359. The van der Waals surface area contributed by atoms with Crippen LogP contribution in [0.3, 0.4) is 0 Å². The van der Waals surface area contributed by atoms with E-state index in [-0.39, 0.29) is 18.0 Å². The molecule has 1 fully saturated rings. The number of Topliss-reactive ketones (excluding diaryl/α,β-unsaturated/α-hetero) is 1. The van der Waals surface area contributed by atoms with E-state index in [2.05, 4.69) is 6.92 Å². The predicted molar refractivity (Wildman–Crippen MR) is 77.1 cm³/mol. The fraction of sp³-hybridized carbons (Fsp3) is 0.588. The number of hydrogen-bond donors (Lipinski definition) is 0. The van der Waals surface area contributed by atoms with E-state index in [4.69, 9.17) is 4.74 Å². The number of ketones is 1. The Kier molecular flexibility index (Phi) is 4.92. The van der Waals surface area contributed by atoms with Crippen LogP contribution in [0.5, 0.6) is 0 Å². The van der Waals surface area contributed by atoms with Gasteiger partial charge in [-0.1, -0.05) is 25.1 Å². The molecule has 2 nitrogen and oxygen atoms in total. The largest absolute Gasteiger partial charge is 0.367 e. The molecule has 0 atom stereocenters. The van der Waals surface area contributed by atoms with Gasteiger partial charge in [0.25, 0.3) is 0 Å². The lowest BCUT2D eigenvalue weighted by Gasteiger charge is -2.38. The summed E-state index contributed by atoms with van der Waals surface area (Å²) in [4.78, 5) is 12.6. The number of rotatable bonds is 5. The Morgan fingerprint density at radius 3 is 2.60 bits per heavy atom. The summed E-state index contributed by atoms with van der Waals surface area (Å²) in [6, 6.07) is 6.49. The lowest BCUT2D eigenvalue weighted by Crippen LogP contribution is -2.45. The van der Waals surface area contributed by atoms with Crippen molar-refractivity contribution in [1.29, 1.82) is 0 Å². The molecule has 0 radical (unpaired) electrons. The summed E-state index contributed by atoms with van der Waals surface area (Å²) in [7, 11) is 0. The summed E-state index contributed by atoms with van der Waals surface area (Å²) >= 11 is 0. The first-order chi connectivity index (χ1) is 9.57. The van der Waals surface area contributed by atoms with Gasteiger partial charge in [0.05, 0.1) is 0 Å². The Labute approximate surface area is 120 Å². The molecule has 110 valence electrons. The minimum Gasteiger partial charge on any atom is -0.367 e. The molecule has 0 N–H and O–H groups in total. The molecular weight excluding hydrogens is 255 g/mol. The molecule has 0 spiro atoms. The standard InChI is InChI=1S/C17H23FO2/c1-3-20-17(10-8-13(2)9-11-17)16(19)12-14-6-4-5-7-15(14)18/h4-7,13H,3,8-12H2,1-2H3. The van der Waals surface area contributed by atoms with Gasteiger partial charge in [-0.25, -0.2) is 4.39 Å². The Hall–Kier alpha value is -1.22. The molecule has 20 heavy (non-hydrogen) atoms. The Morgan fingerprint density at radius 1 is 1.35 bits per heavy atom. The molecule has 1 aliphatic carbocycles. The monoisotopic (exact) mass is 278 g/mol. The molecule has 3 heteroatoms. The molecular formula is C17H23FO2. The zero-order valence-electron chi connectivity index (χ0n) is 12.3. The minimum atomic E-state index is -0.691. The number of benzene rings is 1.